The van der Waals surface area contributed by atoms with Crippen molar-refractivity contribution in [2.24, 2.45) is 0 Å². The minimum absolute atomic E-state index is 0.0186. The van der Waals surface area contributed by atoms with E-state index in [0.29, 0.717) is 0 Å². The lowest BCUT2D eigenvalue weighted by molar-refractivity contribution is 0.0651. The van der Waals surface area contributed by atoms with E-state index in [-0.39, 0.29) is 33.4 Å². The number of hydrogen-bond acceptors (Lipinski definition) is 6. The number of hydrogen-bond donors (Lipinski definition) is 6. The first kappa shape index (κ1) is 28.5. The number of aromatic carboxylic acids is 6. The number of carbonyl (C=O) groups is 6. The molecule has 3 aromatic rings. The van der Waals surface area contributed by atoms with Crippen molar-refractivity contribution in [1.29, 1.82) is 0 Å². The lowest BCUT2D eigenvalue weighted by atomic mass is 10.1. The zero-order valence-electron chi connectivity index (χ0n) is 18.1. The summed E-state index contributed by atoms with van der Waals surface area (Å²) in [6.07, 6.45) is 0. The highest BCUT2D eigenvalue weighted by Crippen LogP contribution is 2.08. The highest BCUT2D eigenvalue weighted by molar-refractivity contribution is 6.01. The fourth-order valence-electron chi connectivity index (χ4n) is 2.43. The molecule has 186 valence electrons. The molecule has 3 aromatic carbocycles. The summed E-state index contributed by atoms with van der Waals surface area (Å²) >= 11 is 0. The fourth-order valence-corrected chi connectivity index (χ4v) is 2.43. The van der Waals surface area contributed by atoms with Gasteiger partial charge in [-0.15, -0.1) is 0 Å². The van der Waals surface area contributed by atoms with Crippen molar-refractivity contribution in [2.45, 2.75) is 0 Å². The monoisotopic (exact) mass is 498 g/mol. The Balaban J connectivity index is 0.000000270. The normalized spacial score (nSPS) is 9.33. The molecule has 3 rings (SSSR count). The van der Waals surface area contributed by atoms with Crippen LogP contribution < -0.4 is 0 Å². The maximum atomic E-state index is 10.5. The first-order chi connectivity index (χ1) is 16.8. The van der Waals surface area contributed by atoms with Crippen LogP contribution in [0.25, 0.3) is 0 Å². The molecule has 0 aliphatic heterocycles. The summed E-state index contributed by atoms with van der Waals surface area (Å²) in [5, 5.41) is 51.1. The Morgan fingerprint density at radius 3 is 0.806 bits per heavy atom. The highest BCUT2D eigenvalue weighted by atomic mass is 16.4. The number of rotatable bonds is 6. The van der Waals surface area contributed by atoms with Crippen LogP contribution in [0.4, 0.5) is 0 Å². The van der Waals surface area contributed by atoms with Crippen molar-refractivity contribution in [3.05, 3.63) is 106 Å². The minimum atomic E-state index is -1.23. The van der Waals surface area contributed by atoms with Crippen LogP contribution in [0.1, 0.15) is 62.1 Å². The standard InChI is InChI=1S/3C8H6O4/c2*9-7(10)5-2-1-3-6(4-5)8(11)12;9-7(10)5-3-1-2-4-6(5)8(11)12/h3*1-4H,(H,9,10)(H,11,12). The lowest BCUT2D eigenvalue weighted by Crippen LogP contribution is -2.06. The van der Waals surface area contributed by atoms with Crippen molar-refractivity contribution >= 4 is 35.8 Å². The maximum Gasteiger partial charge on any atom is 0.336 e. The molecule has 0 atom stereocenters. The Bertz CT molecular complexity index is 1150. The molecule has 6 N–H and O–H groups in total. The average molecular weight is 498 g/mol. The second kappa shape index (κ2) is 13.3. The van der Waals surface area contributed by atoms with Gasteiger partial charge in [0.1, 0.15) is 0 Å². The molecule has 12 heteroatoms. The average Bonchev–Trinajstić information content (AvgIpc) is 2.84. The molecule has 0 saturated heterocycles. The van der Waals surface area contributed by atoms with E-state index in [4.69, 9.17) is 30.6 Å². The van der Waals surface area contributed by atoms with E-state index in [2.05, 4.69) is 0 Å². The van der Waals surface area contributed by atoms with E-state index in [1.54, 1.807) is 0 Å². The molecule has 0 amide bonds. The molecular weight excluding hydrogens is 480 g/mol. The van der Waals surface area contributed by atoms with Gasteiger partial charge in [-0.3, -0.25) is 0 Å². The molecule has 0 radical (unpaired) electrons. The predicted octanol–water partition coefficient (Wildman–Crippen LogP) is 3.25. The SMILES string of the molecule is O=C(O)c1cccc(C(=O)O)c1.O=C(O)c1cccc(C(=O)O)c1.O=C(O)c1ccccc1C(=O)O. The quantitative estimate of drug-likeness (QED) is 0.288. The zero-order valence-corrected chi connectivity index (χ0v) is 18.1. The van der Waals surface area contributed by atoms with Crippen molar-refractivity contribution in [2.75, 3.05) is 0 Å². The summed E-state index contributed by atoms with van der Waals surface area (Å²) in [7, 11) is 0. The Morgan fingerprint density at radius 1 is 0.361 bits per heavy atom. The van der Waals surface area contributed by atoms with Gasteiger partial charge >= 0.3 is 35.8 Å². The van der Waals surface area contributed by atoms with Gasteiger partial charge in [-0.05, 0) is 48.5 Å². The summed E-state index contributed by atoms with van der Waals surface area (Å²) in [5.74, 6) is -6.96. The highest BCUT2D eigenvalue weighted by Gasteiger charge is 2.13. The third-order valence-electron chi connectivity index (χ3n) is 4.10. The van der Waals surface area contributed by atoms with Gasteiger partial charge in [0.2, 0.25) is 0 Å². The van der Waals surface area contributed by atoms with E-state index in [1.807, 2.05) is 0 Å². The van der Waals surface area contributed by atoms with Gasteiger partial charge in [0, 0.05) is 0 Å². The smallest absolute Gasteiger partial charge is 0.336 e. The first-order valence-electron chi connectivity index (χ1n) is 9.54. The van der Waals surface area contributed by atoms with Gasteiger partial charge < -0.3 is 30.6 Å². The van der Waals surface area contributed by atoms with Crippen LogP contribution in [-0.4, -0.2) is 66.5 Å². The van der Waals surface area contributed by atoms with E-state index in [1.165, 1.54) is 60.7 Å². The number of carboxylic acids is 6. The van der Waals surface area contributed by atoms with Gasteiger partial charge in [0.15, 0.2) is 0 Å². The van der Waals surface area contributed by atoms with Gasteiger partial charge in [-0.25, -0.2) is 28.8 Å². The van der Waals surface area contributed by atoms with Crippen LogP contribution in [0.5, 0.6) is 0 Å². The van der Waals surface area contributed by atoms with Crippen LogP contribution in [0.2, 0.25) is 0 Å². The Labute approximate surface area is 201 Å². The third kappa shape index (κ3) is 8.78. The molecule has 12 nitrogen and oxygen atoms in total. The lowest BCUT2D eigenvalue weighted by Gasteiger charge is -1.98. The van der Waals surface area contributed by atoms with E-state index in [9.17, 15) is 28.8 Å². The van der Waals surface area contributed by atoms with Crippen molar-refractivity contribution in [1.82, 2.24) is 0 Å². The molecule has 0 fully saturated rings. The predicted molar refractivity (Wildman–Crippen MR) is 121 cm³/mol. The molecule has 0 saturated carbocycles. The van der Waals surface area contributed by atoms with Gasteiger partial charge in [-0.1, -0.05) is 24.3 Å². The summed E-state index contributed by atoms with van der Waals surface area (Å²) in [5.41, 5.74) is -0.454. The molecule has 36 heavy (non-hydrogen) atoms. The summed E-state index contributed by atoms with van der Waals surface area (Å²) in [6.45, 7) is 0. The van der Waals surface area contributed by atoms with Crippen molar-refractivity contribution in [3.8, 4) is 0 Å². The molecule has 0 unspecified atom stereocenters. The zero-order chi connectivity index (χ0) is 27.4. The molecule has 0 aromatic heterocycles. The van der Waals surface area contributed by atoms with Gasteiger partial charge in [-0.2, -0.15) is 0 Å². The molecule has 0 heterocycles. The summed E-state index contributed by atoms with van der Waals surface area (Å²) in [6, 6.07) is 15.9. The molecule has 0 aliphatic rings. The first-order valence-corrected chi connectivity index (χ1v) is 9.54. The third-order valence-corrected chi connectivity index (χ3v) is 4.10. The number of carboxylic acid groups (broad SMARTS) is 6. The molecule has 0 bridgehead atoms. The maximum absolute atomic E-state index is 10.5. The van der Waals surface area contributed by atoms with Crippen molar-refractivity contribution < 1.29 is 59.4 Å². The van der Waals surface area contributed by atoms with E-state index in [0.717, 1.165) is 12.1 Å². The fraction of sp³-hybridized carbons (Fsp3) is 0. The minimum Gasteiger partial charge on any atom is -0.478 e. The summed E-state index contributed by atoms with van der Waals surface area (Å²) in [4.78, 5) is 62.5. The molecular formula is C24H18O12. The van der Waals surface area contributed by atoms with E-state index >= 15 is 0 Å². The van der Waals surface area contributed by atoms with E-state index < -0.39 is 35.8 Å². The van der Waals surface area contributed by atoms with Crippen LogP contribution in [0.3, 0.4) is 0 Å². The topological polar surface area (TPSA) is 224 Å². The van der Waals surface area contributed by atoms with Gasteiger partial charge in [0.25, 0.3) is 0 Å². The molecule has 0 spiro atoms. The Morgan fingerprint density at radius 2 is 0.611 bits per heavy atom. The summed E-state index contributed by atoms with van der Waals surface area (Å²) < 4.78 is 0. The molecule has 0 aliphatic carbocycles. The Kier molecular flexibility index (Phi) is 10.5. The van der Waals surface area contributed by atoms with Crippen LogP contribution >= 0.6 is 0 Å². The van der Waals surface area contributed by atoms with Crippen LogP contribution in [0, 0.1) is 0 Å². The Hall–Kier alpha value is -5.52. The van der Waals surface area contributed by atoms with Gasteiger partial charge in [0.05, 0.1) is 33.4 Å². The largest absolute Gasteiger partial charge is 0.478 e. The van der Waals surface area contributed by atoms with Crippen molar-refractivity contribution in [3.63, 3.8) is 0 Å². The van der Waals surface area contributed by atoms with Crippen LogP contribution in [-0.2, 0) is 0 Å². The van der Waals surface area contributed by atoms with Crippen LogP contribution in [0.15, 0.2) is 72.8 Å². The second-order valence-corrected chi connectivity index (χ2v) is 6.54. The number of benzene rings is 3. The second-order valence-electron chi connectivity index (χ2n) is 6.54.